The Labute approximate surface area is 163 Å². The molecule has 1 fully saturated rings. The van der Waals surface area contributed by atoms with Crippen molar-refractivity contribution in [2.24, 2.45) is 5.92 Å². The van der Waals surface area contributed by atoms with Crippen LogP contribution in [0.1, 0.15) is 12.8 Å². The molecule has 1 aliphatic rings. The molecule has 6 nitrogen and oxygen atoms in total. The molecular formula is C18H20F3N5OS. The van der Waals surface area contributed by atoms with Gasteiger partial charge in [-0.05, 0) is 51.0 Å². The summed E-state index contributed by atoms with van der Waals surface area (Å²) in [6, 6.07) is 5.83. The number of aromatic nitrogens is 3. The number of ether oxygens (including phenoxy) is 1. The topological polar surface area (TPSA) is 54.7 Å². The molecule has 0 aliphatic carbocycles. The first-order valence-corrected chi connectivity index (χ1v) is 9.82. The van der Waals surface area contributed by atoms with E-state index in [0.29, 0.717) is 22.1 Å². The number of anilines is 1. The number of imidazole rings is 1. The standard InChI is InChI=1S/C18H20F3N5OS/c1-25-7-5-12(6-8-25)10-22-16-24-26-15(11-23-17(26)28-16)13-3-2-4-14(9-13)27-18(19,20)21/h2-4,9,11-12H,5-8,10H2,1H3,(H,22,24). The van der Waals surface area contributed by atoms with Crippen LogP contribution in [0.3, 0.4) is 0 Å². The Hall–Kier alpha value is -2.33. The average molecular weight is 411 g/mol. The van der Waals surface area contributed by atoms with Crippen LogP contribution in [-0.4, -0.2) is 52.5 Å². The van der Waals surface area contributed by atoms with E-state index in [1.165, 1.54) is 29.5 Å². The molecule has 1 N–H and O–H groups in total. The van der Waals surface area contributed by atoms with Gasteiger partial charge in [-0.15, -0.1) is 18.3 Å². The van der Waals surface area contributed by atoms with Gasteiger partial charge in [0.15, 0.2) is 0 Å². The van der Waals surface area contributed by atoms with Crippen molar-refractivity contribution in [3.05, 3.63) is 30.5 Å². The minimum absolute atomic E-state index is 0.268. The monoisotopic (exact) mass is 411 g/mol. The number of fused-ring (bicyclic) bond motifs is 1. The second-order valence-corrected chi connectivity index (χ2v) is 7.90. The number of benzene rings is 1. The molecule has 1 aromatic carbocycles. The van der Waals surface area contributed by atoms with Gasteiger partial charge in [-0.2, -0.15) is 0 Å². The third-order valence-electron chi connectivity index (χ3n) is 4.83. The molecule has 4 rings (SSSR count). The van der Waals surface area contributed by atoms with E-state index in [2.05, 4.69) is 32.1 Å². The molecule has 0 spiro atoms. The summed E-state index contributed by atoms with van der Waals surface area (Å²) in [6.45, 7) is 3.07. The van der Waals surface area contributed by atoms with Crippen LogP contribution in [-0.2, 0) is 0 Å². The van der Waals surface area contributed by atoms with Gasteiger partial charge in [-0.25, -0.2) is 9.50 Å². The highest BCUT2D eigenvalue weighted by Crippen LogP contribution is 2.30. The maximum Gasteiger partial charge on any atom is 0.573 e. The van der Waals surface area contributed by atoms with Crippen LogP contribution in [0, 0.1) is 5.92 Å². The molecule has 28 heavy (non-hydrogen) atoms. The Morgan fingerprint density at radius 1 is 1.29 bits per heavy atom. The van der Waals surface area contributed by atoms with Gasteiger partial charge >= 0.3 is 6.36 Å². The number of rotatable bonds is 5. The van der Waals surface area contributed by atoms with Gasteiger partial charge < -0.3 is 15.0 Å². The first-order valence-electron chi connectivity index (χ1n) is 9.00. The van der Waals surface area contributed by atoms with Crippen molar-refractivity contribution in [3.8, 4) is 17.0 Å². The summed E-state index contributed by atoms with van der Waals surface area (Å²) in [7, 11) is 2.13. The average Bonchev–Trinajstić information content (AvgIpc) is 3.20. The van der Waals surface area contributed by atoms with Gasteiger partial charge in [0.1, 0.15) is 5.75 Å². The van der Waals surface area contributed by atoms with Crippen LogP contribution in [0.25, 0.3) is 16.2 Å². The lowest BCUT2D eigenvalue weighted by atomic mass is 9.97. The predicted molar refractivity (Wildman–Crippen MR) is 102 cm³/mol. The smallest absolute Gasteiger partial charge is 0.406 e. The zero-order valence-electron chi connectivity index (χ0n) is 15.2. The highest BCUT2D eigenvalue weighted by molar-refractivity contribution is 7.20. The maximum absolute atomic E-state index is 12.5. The van der Waals surface area contributed by atoms with E-state index in [0.717, 1.165) is 37.6 Å². The number of likely N-dealkylation sites (tertiary alicyclic amines) is 1. The zero-order valence-corrected chi connectivity index (χ0v) is 16.1. The highest BCUT2D eigenvalue weighted by Gasteiger charge is 2.31. The molecule has 150 valence electrons. The molecule has 3 aromatic rings. The Morgan fingerprint density at radius 2 is 2.07 bits per heavy atom. The Kier molecular flexibility index (Phi) is 5.15. The molecule has 3 heterocycles. The van der Waals surface area contributed by atoms with E-state index in [4.69, 9.17) is 0 Å². The molecule has 0 unspecified atom stereocenters. The molecule has 10 heteroatoms. The molecule has 0 radical (unpaired) electrons. The number of halogens is 3. The highest BCUT2D eigenvalue weighted by atomic mass is 32.1. The van der Waals surface area contributed by atoms with E-state index in [1.54, 1.807) is 16.8 Å². The van der Waals surface area contributed by atoms with Gasteiger partial charge in [0.2, 0.25) is 10.1 Å². The summed E-state index contributed by atoms with van der Waals surface area (Å²) >= 11 is 1.42. The van der Waals surface area contributed by atoms with Crippen molar-refractivity contribution in [2.45, 2.75) is 19.2 Å². The molecule has 0 atom stereocenters. The fourth-order valence-corrected chi connectivity index (χ4v) is 4.09. The maximum atomic E-state index is 12.5. The summed E-state index contributed by atoms with van der Waals surface area (Å²) in [6.07, 6.45) is -0.810. The van der Waals surface area contributed by atoms with Crippen LogP contribution in [0.5, 0.6) is 5.75 Å². The van der Waals surface area contributed by atoms with Gasteiger partial charge in [-0.1, -0.05) is 23.5 Å². The number of nitrogens with one attached hydrogen (secondary N) is 1. The Morgan fingerprint density at radius 3 is 2.82 bits per heavy atom. The van der Waals surface area contributed by atoms with Crippen LogP contribution in [0.4, 0.5) is 18.3 Å². The Bertz CT molecular complexity index is 946. The largest absolute Gasteiger partial charge is 0.573 e. The summed E-state index contributed by atoms with van der Waals surface area (Å²) < 4.78 is 43.1. The van der Waals surface area contributed by atoms with E-state index in [1.807, 2.05) is 0 Å². The van der Waals surface area contributed by atoms with Crippen molar-refractivity contribution >= 4 is 21.4 Å². The first kappa shape index (κ1) is 19.0. The normalized spacial score (nSPS) is 16.6. The van der Waals surface area contributed by atoms with E-state index in [-0.39, 0.29) is 5.75 Å². The second-order valence-electron chi connectivity index (χ2n) is 6.95. The minimum Gasteiger partial charge on any atom is -0.406 e. The number of nitrogens with zero attached hydrogens (tertiary/aromatic N) is 4. The quantitative estimate of drug-likeness (QED) is 0.685. The lowest BCUT2D eigenvalue weighted by molar-refractivity contribution is -0.274. The zero-order chi connectivity index (χ0) is 19.7. The van der Waals surface area contributed by atoms with Gasteiger partial charge in [-0.3, -0.25) is 0 Å². The van der Waals surface area contributed by atoms with Gasteiger partial charge in [0.05, 0.1) is 11.9 Å². The fraction of sp³-hybridized carbons (Fsp3) is 0.444. The molecule has 0 saturated carbocycles. The van der Waals surface area contributed by atoms with E-state index >= 15 is 0 Å². The lowest BCUT2D eigenvalue weighted by Gasteiger charge is -2.28. The van der Waals surface area contributed by atoms with E-state index < -0.39 is 6.36 Å². The molecular weight excluding hydrogens is 391 g/mol. The van der Waals surface area contributed by atoms with Crippen LogP contribution in [0.15, 0.2) is 30.5 Å². The van der Waals surface area contributed by atoms with E-state index in [9.17, 15) is 13.2 Å². The Balaban J connectivity index is 1.49. The molecule has 2 aromatic heterocycles. The number of hydrogen-bond donors (Lipinski definition) is 1. The molecule has 0 amide bonds. The van der Waals surface area contributed by atoms with Crippen LogP contribution < -0.4 is 10.1 Å². The van der Waals surface area contributed by atoms with Gasteiger partial charge in [0, 0.05) is 12.1 Å². The fourth-order valence-electron chi connectivity index (χ4n) is 3.31. The van der Waals surface area contributed by atoms with Crippen molar-refractivity contribution in [1.82, 2.24) is 19.5 Å². The van der Waals surface area contributed by atoms with Gasteiger partial charge in [0.25, 0.3) is 0 Å². The minimum atomic E-state index is -4.73. The van der Waals surface area contributed by atoms with Crippen LogP contribution in [0.2, 0.25) is 0 Å². The summed E-state index contributed by atoms with van der Waals surface area (Å²) in [4.78, 5) is 7.35. The van der Waals surface area contributed by atoms with Crippen LogP contribution >= 0.6 is 11.3 Å². The lowest BCUT2D eigenvalue weighted by Crippen LogP contribution is -2.32. The van der Waals surface area contributed by atoms with Crippen molar-refractivity contribution in [2.75, 3.05) is 32.0 Å². The number of hydrogen-bond acceptors (Lipinski definition) is 6. The molecule has 0 bridgehead atoms. The number of piperidine rings is 1. The van der Waals surface area contributed by atoms with Crippen molar-refractivity contribution in [1.29, 1.82) is 0 Å². The SMILES string of the molecule is CN1CCC(CNc2nn3c(-c4cccc(OC(F)(F)F)c4)cnc3s2)CC1. The molecule has 1 saturated heterocycles. The van der Waals surface area contributed by atoms with Crippen molar-refractivity contribution in [3.63, 3.8) is 0 Å². The summed E-state index contributed by atoms with van der Waals surface area (Å²) in [5.74, 6) is 0.346. The number of alkyl halides is 3. The molecule has 1 aliphatic heterocycles. The summed E-state index contributed by atoms with van der Waals surface area (Å²) in [5, 5.41) is 8.68. The third-order valence-corrected chi connectivity index (χ3v) is 5.71. The second kappa shape index (κ2) is 7.59. The first-order chi connectivity index (χ1) is 13.4. The third kappa shape index (κ3) is 4.39. The summed E-state index contributed by atoms with van der Waals surface area (Å²) in [5.41, 5.74) is 1.17. The predicted octanol–water partition coefficient (Wildman–Crippen LogP) is 4.11. The van der Waals surface area contributed by atoms with Crippen molar-refractivity contribution < 1.29 is 17.9 Å².